The number of carboxylic acid groups (broad SMARTS) is 2. The van der Waals surface area contributed by atoms with Crippen LogP contribution in [0.1, 0.15) is 136 Å². The Morgan fingerprint density at radius 3 is 1.26 bits per heavy atom. The van der Waals surface area contributed by atoms with E-state index in [1.807, 2.05) is 6.92 Å². The Bertz CT molecular complexity index is 480. The van der Waals surface area contributed by atoms with Crippen LogP contribution in [-0.2, 0) is 9.59 Å². The summed E-state index contributed by atoms with van der Waals surface area (Å²) in [4.78, 5) is 20.6. The maximum atomic E-state index is 10.6. The summed E-state index contributed by atoms with van der Waals surface area (Å²) in [7, 11) is 0. The van der Waals surface area contributed by atoms with Gasteiger partial charge in [0.25, 0.3) is 0 Å². The van der Waals surface area contributed by atoms with Gasteiger partial charge in [-0.25, -0.2) is 9.59 Å². The minimum Gasteiger partial charge on any atom is -0.478 e. The van der Waals surface area contributed by atoms with Crippen molar-refractivity contribution in [3.8, 4) is 0 Å². The van der Waals surface area contributed by atoms with Crippen molar-refractivity contribution in [2.24, 2.45) is 0 Å². The van der Waals surface area contributed by atoms with Gasteiger partial charge in [0.2, 0.25) is 0 Å². The first-order valence-electron chi connectivity index (χ1n) is 12.7. The van der Waals surface area contributed by atoms with Crippen molar-refractivity contribution in [2.45, 2.75) is 136 Å². The van der Waals surface area contributed by atoms with E-state index in [1.165, 1.54) is 89.9 Å². The molecule has 4 nitrogen and oxygen atoms in total. The molecule has 0 aliphatic carbocycles. The van der Waals surface area contributed by atoms with E-state index in [1.54, 1.807) is 13.0 Å². The maximum absolute atomic E-state index is 10.6. The fraction of sp³-hybridized carbons (Fsp3) is 0.778. The SMILES string of the molecule is C=C(CCCCCCCCCCCCCCCCCC)C(=O)O.CCC=C(C)C(=O)O. The lowest BCUT2D eigenvalue weighted by Gasteiger charge is -2.04. The van der Waals surface area contributed by atoms with E-state index >= 15 is 0 Å². The van der Waals surface area contributed by atoms with Crippen LogP contribution >= 0.6 is 0 Å². The van der Waals surface area contributed by atoms with Gasteiger partial charge in [0.15, 0.2) is 0 Å². The lowest BCUT2D eigenvalue weighted by Crippen LogP contribution is -1.98. The fourth-order valence-electron chi connectivity index (χ4n) is 3.39. The molecule has 0 unspecified atom stereocenters. The molecule has 2 N–H and O–H groups in total. The molecule has 182 valence electrons. The number of rotatable bonds is 20. The van der Waals surface area contributed by atoms with Crippen LogP contribution in [0.4, 0.5) is 0 Å². The van der Waals surface area contributed by atoms with Gasteiger partial charge < -0.3 is 10.2 Å². The zero-order valence-electron chi connectivity index (χ0n) is 20.7. The zero-order chi connectivity index (χ0) is 23.7. The summed E-state index contributed by atoms with van der Waals surface area (Å²) in [6, 6.07) is 0. The molecule has 31 heavy (non-hydrogen) atoms. The van der Waals surface area contributed by atoms with Crippen molar-refractivity contribution in [1.82, 2.24) is 0 Å². The summed E-state index contributed by atoms with van der Waals surface area (Å²) in [6.07, 6.45) is 24.7. The molecule has 0 rings (SSSR count). The number of unbranched alkanes of at least 4 members (excludes halogenated alkanes) is 15. The first-order valence-corrected chi connectivity index (χ1v) is 12.7. The second-order valence-corrected chi connectivity index (χ2v) is 8.56. The molecule has 0 saturated heterocycles. The Morgan fingerprint density at radius 2 is 1.00 bits per heavy atom. The van der Waals surface area contributed by atoms with E-state index in [4.69, 9.17) is 10.2 Å². The van der Waals surface area contributed by atoms with Crippen molar-refractivity contribution in [2.75, 3.05) is 0 Å². The number of hydrogen-bond acceptors (Lipinski definition) is 2. The molecular weight excluding hydrogens is 388 g/mol. The molecule has 0 saturated carbocycles. The van der Waals surface area contributed by atoms with Crippen LogP contribution in [0.5, 0.6) is 0 Å². The lowest BCUT2D eigenvalue weighted by atomic mass is 10.0. The minimum atomic E-state index is -0.842. The highest BCUT2D eigenvalue weighted by atomic mass is 16.4. The number of hydrogen-bond donors (Lipinski definition) is 2. The maximum Gasteiger partial charge on any atom is 0.330 e. The van der Waals surface area contributed by atoms with Crippen LogP contribution < -0.4 is 0 Å². The molecule has 0 aromatic carbocycles. The summed E-state index contributed by atoms with van der Waals surface area (Å²) in [5.41, 5.74) is 0.780. The number of carboxylic acids is 2. The van der Waals surface area contributed by atoms with Crippen molar-refractivity contribution in [3.05, 3.63) is 23.8 Å². The highest BCUT2D eigenvalue weighted by molar-refractivity contribution is 5.86. The van der Waals surface area contributed by atoms with E-state index in [0.29, 0.717) is 17.6 Å². The third-order valence-electron chi connectivity index (χ3n) is 5.48. The van der Waals surface area contributed by atoms with Gasteiger partial charge >= 0.3 is 11.9 Å². The lowest BCUT2D eigenvalue weighted by molar-refractivity contribution is -0.133. The number of carbonyl (C=O) groups is 2. The van der Waals surface area contributed by atoms with Crippen LogP contribution in [0.25, 0.3) is 0 Å². The van der Waals surface area contributed by atoms with E-state index < -0.39 is 11.9 Å². The Kier molecular flexibility index (Phi) is 25.2. The van der Waals surface area contributed by atoms with Crippen LogP contribution in [0.2, 0.25) is 0 Å². The number of allylic oxidation sites excluding steroid dienone is 1. The molecule has 0 spiro atoms. The topological polar surface area (TPSA) is 74.6 Å². The summed E-state index contributed by atoms with van der Waals surface area (Å²) in [5.74, 6) is -1.67. The van der Waals surface area contributed by atoms with E-state index in [-0.39, 0.29) is 0 Å². The van der Waals surface area contributed by atoms with Gasteiger partial charge in [-0.05, 0) is 26.2 Å². The Hall–Kier alpha value is -1.58. The molecule has 0 aromatic heterocycles. The first-order chi connectivity index (χ1) is 14.9. The monoisotopic (exact) mass is 438 g/mol. The molecule has 0 atom stereocenters. The molecule has 4 heteroatoms. The largest absolute Gasteiger partial charge is 0.478 e. The first kappa shape index (κ1) is 31.6. The van der Waals surface area contributed by atoms with Crippen molar-refractivity contribution in [1.29, 1.82) is 0 Å². The van der Waals surface area contributed by atoms with Gasteiger partial charge in [0.1, 0.15) is 0 Å². The average Bonchev–Trinajstić information content (AvgIpc) is 2.73. The molecule has 0 aliphatic rings. The van der Waals surface area contributed by atoms with Gasteiger partial charge in [0, 0.05) is 11.1 Å². The third kappa shape index (κ3) is 26.4. The Balaban J connectivity index is 0. The van der Waals surface area contributed by atoms with Crippen molar-refractivity contribution >= 4 is 11.9 Å². The van der Waals surface area contributed by atoms with Gasteiger partial charge in [-0.2, -0.15) is 0 Å². The number of aliphatic carboxylic acids is 2. The third-order valence-corrected chi connectivity index (χ3v) is 5.48. The van der Waals surface area contributed by atoms with Crippen LogP contribution in [0.15, 0.2) is 23.8 Å². The van der Waals surface area contributed by atoms with Gasteiger partial charge in [-0.15, -0.1) is 0 Å². The quantitative estimate of drug-likeness (QED) is 0.147. The molecule has 0 heterocycles. The average molecular weight is 439 g/mol. The van der Waals surface area contributed by atoms with Crippen LogP contribution in [-0.4, -0.2) is 22.2 Å². The molecule has 0 aliphatic heterocycles. The second-order valence-electron chi connectivity index (χ2n) is 8.56. The van der Waals surface area contributed by atoms with E-state index in [9.17, 15) is 9.59 Å². The molecule has 0 radical (unpaired) electrons. The van der Waals surface area contributed by atoms with E-state index in [2.05, 4.69) is 13.5 Å². The van der Waals surface area contributed by atoms with Crippen LogP contribution in [0.3, 0.4) is 0 Å². The predicted octanol–water partition coefficient (Wildman–Crippen LogP) is 8.71. The predicted molar refractivity (Wildman–Crippen MR) is 133 cm³/mol. The summed E-state index contributed by atoms with van der Waals surface area (Å²) < 4.78 is 0. The van der Waals surface area contributed by atoms with Crippen molar-refractivity contribution in [3.63, 3.8) is 0 Å². The second kappa shape index (κ2) is 24.7. The van der Waals surface area contributed by atoms with Gasteiger partial charge in [-0.1, -0.05) is 123 Å². The minimum absolute atomic E-state index is 0.357. The normalized spacial score (nSPS) is 11.0. The summed E-state index contributed by atoms with van der Waals surface area (Å²) >= 11 is 0. The van der Waals surface area contributed by atoms with Gasteiger partial charge in [0.05, 0.1) is 0 Å². The Labute approximate surface area is 192 Å². The van der Waals surface area contributed by atoms with Crippen LogP contribution in [0, 0.1) is 0 Å². The van der Waals surface area contributed by atoms with Crippen molar-refractivity contribution < 1.29 is 19.8 Å². The smallest absolute Gasteiger partial charge is 0.330 e. The molecule has 0 fully saturated rings. The zero-order valence-corrected chi connectivity index (χ0v) is 20.7. The van der Waals surface area contributed by atoms with Gasteiger partial charge in [-0.3, -0.25) is 0 Å². The standard InChI is InChI=1S/C21H40O2.C6H10O2/c1-3-4-5-6-7-8-9-10-11-12-13-14-15-16-17-18-19-20(2)21(22)23;1-3-4-5(2)6(7)8/h2-19H2,1H3,(H,22,23);4H,3H2,1-2H3,(H,7,8). The Morgan fingerprint density at radius 1 is 0.645 bits per heavy atom. The highest BCUT2D eigenvalue weighted by Gasteiger charge is 2.02. The van der Waals surface area contributed by atoms with E-state index in [0.717, 1.165) is 19.3 Å². The molecular formula is C27H50O4. The summed E-state index contributed by atoms with van der Waals surface area (Å²) in [5, 5.41) is 17.0. The molecule has 0 amide bonds. The molecule has 0 aromatic rings. The summed E-state index contributed by atoms with van der Waals surface area (Å²) in [6.45, 7) is 9.33. The fourth-order valence-corrected chi connectivity index (χ4v) is 3.39. The highest BCUT2D eigenvalue weighted by Crippen LogP contribution is 2.14. The molecule has 0 bridgehead atoms.